The van der Waals surface area contributed by atoms with Crippen molar-refractivity contribution in [2.75, 3.05) is 7.05 Å². The first-order valence-electron chi connectivity index (χ1n) is 6.57. The molecule has 0 saturated heterocycles. The number of para-hydroxylation sites is 1. The molecule has 0 aliphatic carbocycles. The molecule has 0 spiro atoms. The monoisotopic (exact) mass is 260 g/mol. The highest BCUT2D eigenvalue weighted by atomic mass is 16.5. The number of nitrogens with zero attached hydrogens (tertiary/aromatic N) is 3. The molecule has 1 aromatic carbocycles. The first kappa shape index (κ1) is 13.5. The van der Waals surface area contributed by atoms with Gasteiger partial charge in [0.25, 0.3) is 0 Å². The van der Waals surface area contributed by atoms with Crippen molar-refractivity contribution in [2.24, 2.45) is 0 Å². The van der Waals surface area contributed by atoms with Gasteiger partial charge in [-0.2, -0.15) is 5.10 Å². The number of hydrogen-bond acceptors (Lipinski definition) is 4. The minimum absolute atomic E-state index is 0.445. The van der Waals surface area contributed by atoms with Crippen molar-refractivity contribution >= 4 is 0 Å². The summed E-state index contributed by atoms with van der Waals surface area (Å²) in [5.41, 5.74) is 1.14. The summed E-state index contributed by atoms with van der Waals surface area (Å²) in [6, 6.07) is 8.03. The van der Waals surface area contributed by atoms with Crippen LogP contribution in [0.25, 0.3) is 0 Å². The first-order valence-corrected chi connectivity index (χ1v) is 6.57. The van der Waals surface area contributed by atoms with Gasteiger partial charge in [0, 0.05) is 18.7 Å². The minimum atomic E-state index is 0.445. The summed E-state index contributed by atoms with van der Waals surface area (Å²) in [6.07, 6.45) is 2.61. The molecule has 1 aromatic heterocycles. The lowest BCUT2D eigenvalue weighted by Gasteiger charge is -2.11. The third-order valence-corrected chi connectivity index (χ3v) is 2.83. The fourth-order valence-electron chi connectivity index (χ4n) is 1.92. The molecular weight excluding hydrogens is 240 g/mol. The van der Waals surface area contributed by atoms with Crippen LogP contribution >= 0.6 is 0 Å². The Morgan fingerprint density at radius 2 is 2.16 bits per heavy atom. The largest absolute Gasteiger partial charge is 0.485 e. The number of aryl methyl sites for hydroxylation is 1. The Kier molecular flexibility index (Phi) is 4.92. The fraction of sp³-hybridized carbons (Fsp3) is 0.429. The summed E-state index contributed by atoms with van der Waals surface area (Å²) in [5.74, 6) is 1.75. The normalized spacial score (nSPS) is 10.6. The molecule has 1 heterocycles. The van der Waals surface area contributed by atoms with Crippen molar-refractivity contribution in [2.45, 2.75) is 33.0 Å². The maximum absolute atomic E-state index is 5.86. The smallest absolute Gasteiger partial charge is 0.164 e. The van der Waals surface area contributed by atoms with Crippen molar-refractivity contribution < 1.29 is 4.74 Å². The van der Waals surface area contributed by atoms with Crippen molar-refractivity contribution in [3.63, 3.8) is 0 Å². The Hall–Kier alpha value is -1.88. The van der Waals surface area contributed by atoms with E-state index in [9.17, 15) is 0 Å². The molecule has 19 heavy (non-hydrogen) atoms. The second-order valence-electron chi connectivity index (χ2n) is 4.33. The second kappa shape index (κ2) is 6.89. The molecule has 0 bridgehead atoms. The first-order chi connectivity index (χ1) is 9.35. The van der Waals surface area contributed by atoms with E-state index in [-0.39, 0.29) is 0 Å². The quantitative estimate of drug-likeness (QED) is 0.827. The Morgan fingerprint density at radius 3 is 2.95 bits per heavy atom. The summed E-state index contributed by atoms with van der Waals surface area (Å²) in [6.45, 7) is 4.23. The zero-order valence-corrected chi connectivity index (χ0v) is 11.5. The standard InChI is InChI=1S/C14H20N4O/c1-3-8-18-14(16-11-17-18)10-19-13-7-5-4-6-12(13)9-15-2/h4-7,11,15H,3,8-10H2,1-2H3. The molecule has 0 saturated carbocycles. The SMILES string of the molecule is CCCn1ncnc1COc1ccccc1CNC. The summed E-state index contributed by atoms with van der Waals surface area (Å²) >= 11 is 0. The van der Waals surface area contributed by atoms with E-state index in [1.54, 1.807) is 6.33 Å². The predicted molar refractivity (Wildman–Crippen MR) is 73.9 cm³/mol. The third-order valence-electron chi connectivity index (χ3n) is 2.83. The van der Waals surface area contributed by atoms with Gasteiger partial charge in [-0.1, -0.05) is 25.1 Å². The molecule has 1 N–H and O–H groups in total. The summed E-state index contributed by atoms with van der Waals surface area (Å²) in [5, 5.41) is 7.33. The molecular formula is C14H20N4O. The van der Waals surface area contributed by atoms with E-state index in [0.29, 0.717) is 6.61 Å². The van der Waals surface area contributed by atoms with Crippen LogP contribution in [0.2, 0.25) is 0 Å². The van der Waals surface area contributed by atoms with Crippen molar-refractivity contribution in [3.05, 3.63) is 42.0 Å². The summed E-state index contributed by atoms with van der Waals surface area (Å²) in [7, 11) is 1.93. The van der Waals surface area contributed by atoms with Gasteiger partial charge in [-0.3, -0.25) is 0 Å². The van der Waals surface area contributed by atoms with Crippen molar-refractivity contribution in [3.8, 4) is 5.75 Å². The van der Waals surface area contributed by atoms with Gasteiger partial charge in [0.15, 0.2) is 5.82 Å². The highest BCUT2D eigenvalue weighted by Crippen LogP contribution is 2.18. The number of ether oxygens (including phenoxy) is 1. The van der Waals surface area contributed by atoms with Gasteiger partial charge in [0.1, 0.15) is 18.7 Å². The molecule has 0 radical (unpaired) electrons. The van der Waals surface area contributed by atoms with Gasteiger partial charge in [-0.05, 0) is 19.5 Å². The van der Waals surface area contributed by atoms with Gasteiger partial charge < -0.3 is 10.1 Å². The fourth-order valence-corrected chi connectivity index (χ4v) is 1.92. The second-order valence-corrected chi connectivity index (χ2v) is 4.33. The van der Waals surface area contributed by atoms with Gasteiger partial charge in [-0.15, -0.1) is 0 Å². The highest BCUT2D eigenvalue weighted by Gasteiger charge is 2.06. The molecule has 0 atom stereocenters. The molecule has 5 heteroatoms. The maximum atomic E-state index is 5.86. The molecule has 0 aliphatic rings. The van der Waals surface area contributed by atoms with E-state index in [2.05, 4.69) is 28.4 Å². The highest BCUT2D eigenvalue weighted by molar-refractivity contribution is 5.33. The van der Waals surface area contributed by atoms with Crippen molar-refractivity contribution in [1.82, 2.24) is 20.1 Å². The number of nitrogens with one attached hydrogen (secondary N) is 1. The third kappa shape index (κ3) is 3.54. The minimum Gasteiger partial charge on any atom is -0.485 e. The maximum Gasteiger partial charge on any atom is 0.164 e. The number of aromatic nitrogens is 3. The van der Waals surface area contributed by atoms with Gasteiger partial charge in [0.2, 0.25) is 0 Å². The Morgan fingerprint density at radius 1 is 1.32 bits per heavy atom. The number of hydrogen-bond donors (Lipinski definition) is 1. The molecule has 0 aliphatic heterocycles. The van der Waals surface area contributed by atoms with Crippen LogP contribution in [0.3, 0.4) is 0 Å². The average Bonchev–Trinajstić information content (AvgIpc) is 2.86. The average molecular weight is 260 g/mol. The van der Waals surface area contributed by atoms with Crippen molar-refractivity contribution in [1.29, 1.82) is 0 Å². The van der Waals surface area contributed by atoms with E-state index in [4.69, 9.17) is 4.74 Å². The van der Waals surface area contributed by atoms with Crippen LogP contribution < -0.4 is 10.1 Å². The van der Waals surface area contributed by atoms with E-state index in [1.807, 2.05) is 29.9 Å². The zero-order chi connectivity index (χ0) is 13.5. The van der Waals surface area contributed by atoms with E-state index in [0.717, 1.165) is 36.6 Å². The van der Waals surface area contributed by atoms with Gasteiger partial charge >= 0.3 is 0 Å². The number of rotatable bonds is 7. The number of benzene rings is 1. The Balaban J connectivity index is 2.03. The van der Waals surface area contributed by atoms with Crippen LogP contribution in [0.4, 0.5) is 0 Å². The van der Waals surface area contributed by atoms with Gasteiger partial charge in [-0.25, -0.2) is 9.67 Å². The lowest BCUT2D eigenvalue weighted by Crippen LogP contribution is -2.10. The molecule has 0 fully saturated rings. The lowest BCUT2D eigenvalue weighted by atomic mass is 10.2. The molecule has 0 unspecified atom stereocenters. The van der Waals surface area contributed by atoms with Crippen LogP contribution in [-0.4, -0.2) is 21.8 Å². The summed E-state index contributed by atoms with van der Waals surface area (Å²) < 4.78 is 7.75. The molecule has 0 amide bonds. The molecule has 2 rings (SSSR count). The molecule has 2 aromatic rings. The Bertz CT molecular complexity index is 510. The van der Waals surface area contributed by atoms with E-state index >= 15 is 0 Å². The summed E-state index contributed by atoms with van der Waals surface area (Å²) in [4.78, 5) is 4.24. The molecule has 5 nitrogen and oxygen atoms in total. The lowest BCUT2D eigenvalue weighted by molar-refractivity contribution is 0.283. The Labute approximate surface area is 113 Å². The van der Waals surface area contributed by atoms with Gasteiger partial charge in [0.05, 0.1) is 0 Å². The van der Waals surface area contributed by atoms with Crippen LogP contribution in [0.1, 0.15) is 24.7 Å². The zero-order valence-electron chi connectivity index (χ0n) is 11.5. The van der Waals surface area contributed by atoms with Crippen LogP contribution in [-0.2, 0) is 19.7 Å². The van der Waals surface area contributed by atoms with E-state index < -0.39 is 0 Å². The molecule has 102 valence electrons. The van der Waals surface area contributed by atoms with Crippen LogP contribution in [0.5, 0.6) is 5.75 Å². The predicted octanol–water partition coefficient (Wildman–Crippen LogP) is 1.99. The van der Waals surface area contributed by atoms with Crippen LogP contribution in [0.15, 0.2) is 30.6 Å². The van der Waals surface area contributed by atoms with Crippen LogP contribution in [0, 0.1) is 0 Å². The topological polar surface area (TPSA) is 52.0 Å². The van der Waals surface area contributed by atoms with E-state index in [1.165, 1.54) is 0 Å².